The number of aliphatic hydroxyl groups is 1. The second-order valence-electron chi connectivity index (χ2n) is 6.34. The van der Waals surface area contributed by atoms with E-state index in [1.54, 1.807) is 19.1 Å². The fraction of sp³-hybridized carbons (Fsp3) is 0.688. The van der Waals surface area contributed by atoms with E-state index in [9.17, 15) is 9.90 Å². The van der Waals surface area contributed by atoms with Crippen LogP contribution in [0.25, 0.3) is 0 Å². The quantitative estimate of drug-likeness (QED) is 0.781. The smallest absolute Gasteiger partial charge is 0.314 e. The molecule has 2 amide bonds. The predicted octanol–water partition coefficient (Wildman–Crippen LogP) is 2.61. The highest BCUT2D eigenvalue weighted by molar-refractivity contribution is 5.73. The van der Waals surface area contributed by atoms with Crippen LogP contribution in [-0.2, 0) is 5.60 Å². The normalized spacial score (nSPS) is 25.1. The van der Waals surface area contributed by atoms with Crippen LogP contribution in [0.2, 0.25) is 0 Å². The van der Waals surface area contributed by atoms with Gasteiger partial charge in [-0.1, -0.05) is 26.2 Å². The zero-order valence-corrected chi connectivity index (χ0v) is 12.9. The molecule has 0 bridgehead atoms. The summed E-state index contributed by atoms with van der Waals surface area (Å²) in [6.45, 7) is 4.70. The molecule has 0 saturated heterocycles. The molecule has 0 aromatic carbocycles. The van der Waals surface area contributed by atoms with E-state index in [-0.39, 0.29) is 12.6 Å². The summed E-state index contributed by atoms with van der Waals surface area (Å²) < 4.78 is 5.18. The molecular formula is C16H26N2O3. The van der Waals surface area contributed by atoms with Crippen LogP contribution in [0.1, 0.15) is 45.3 Å². The molecule has 3 atom stereocenters. The van der Waals surface area contributed by atoms with Crippen molar-refractivity contribution in [3.63, 3.8) is 0 Å². The van der Waals surface area contributed by atoms with Gasteiger partial charge in [0, 0.05) is 6.54 Å². The van der Waals surface area contributed by atoms with Crippen LogP contribution in [0.5, 0.6) is 0 Å². The van der Waals surface area contributed by atoms with Crippen molar-refractivity contribution in [3.8, 4) is 0 Å². The first-order valence-electron chi connectivity index (χ1n) is 7.77. The van der Waals surface area contributed by atoms with Gasteiger partial charge in [-0.15, -0.1) is 0 Å². The molecule has 1 fully saturated rings. The van der Waals surface area contributed by atoms with Gasteiger partial charge >= 0.3 is 6.03 Å². The van der Waals surface area contributed by atoms with Crippen molar-refractivity contribution in [1.82, 2.24) is 10.6 Å². The first-order valence-corrected chi connectivity index (χ1v) is 7.77. The Morgan fingerprint density at radius 1 is 1.43 bits per heavy atom. The van der Waals surface area contributed by atoms with E-state index in [1.807, 2.05) is 0 Å². The van der Waals surface area contributed by atoms with Crippen LogP contribution in [-0.4, -0.2) is 24.2 Å². The molecule has 1 saturated carbocycles. The average Bonchev–Trinajstić information content (AvgIpc) is 2.99. The van der Waals surface area contributed by atoms with Crippen LogP contribution in [0.4, 0.5) is 4.79 Å². The van der Waals surface area contributed by atoms with E-state index < -0.39 is 5.60 Å². The summed E-state index contributed by atoms with van der Waals surface area (Å²) in [4.78, 5) is 11.8. The standard InChI is InChI=1S/C16H26N2O3/c1-12-6-3-4-7-13(12)10-17-15(19)18-11-16(2,20)14-8-5-9-21-14/h5,8-9,12-13,20H,3-4,6-7,10-11H2,1-2H3,(H2,17,18,19). The third-order valence-corrected chi connectivity index (χ3v) is 4.46. The Kier molecular flexibility index (Phi) is 5.28. The lowest BCUT2D eigenvalue weighted by Gasteiger charge is -2.29. The Hall–Kier alpha value is -1.49. The second-order valence-corrected chi connectivity index (χ2v) is 6.34. The Morgan fingerprint density at radius 3 is 2.86 bits per heavy atom. The fourth-order valence-electron chi connectivity index (χ4n) is 2.91. The second kappa shape index (κ2) is 6.98. The molecule has 0 radical (unpaired) electrons. The monoisotopic (exact) mass is 294 g/mol. The topological polar surface area (TPSA) is 74.5 Å². The van der Waals surface area contributed by atoms with Gasteiger partial charge in [0.1, 0.15) is 11.4 Å². The molecule has 1 aliphatic rings. The number of nitrogens with one attached hydrogen (secondary N) is 2. The lowest BCUT2D eigenvalue weighted by Crippen LogP contribution is -2.45. The van der Waals surface area contributed by atoms with Crippen molar-refractivity contribution in [2.24, 2.45) is 11.8 Å². The maximum absolute atomic E-state index is 11.8. The lowest BCUT2D eigenvalue weighted by atomic mass is 9.80. The molecule has 118 valence electrons. The first-order chi connectivity index (χ1) is 9.99. The number of rotatable bonds is 5. The van der Waals surface area contributed by atoms with Crippen LogP contribution < -0.4 is 10.6 Å². The van der Waals surface area contributed by atoms with Gasteiger partial charge in [-0.25, -0.2) is 4.79 Å². The van der Waals surface area contributed by atoms with Gasteiger partial charge in [0.05, 0.1) is 12.8 Å². The third-order valence-electron chi connectivity index (χ3n) is 4.46. The summed E-state index contributed by atoms with van der Waals surface area (Å²) >= 11 is 0. The molecule has 1 aromatic rings. The zero-order chi connectivity index (χ0) is 15.3. The van der Waals surface area contributed by atoms with Crippen molar-refractivity contribution < 1.29 is 14.3 Å². The SMILES string of the molecule is CC1CCCCC1CNC(=O)NCC(C)(O)c1ccco1. The number of amides is 2. The summed E-state index contributed by atoms with van der Waals surface area (Å²) in [6.07, 6.45) is 6.50. The number of furan rings is 1. The number of hydrogen-bond donors (Lipinski definition) is 3. The minimum atomic E-state index is -1.20. The van der Waals surface area contributed by atoms with Crippen LogP contribution in [0.15, 0.2) is 22.8 Å². The van der Waals surface area contributed by atoms with Gasteiger partial charge in [0.15, 0.2) is 0 Å². The van der Waals surface area contributed by atoms with Crippen molar-refractivity contribution in [1.29, 1.82) is 0 Å². The van der Waals surface area contributed by atoms with E-state index in [0.717, 1.165) is 0 Å². The molecule has 5 nitrogen and oxygen atoms in total. The Labute approximate surface area is 126 Å². The van der Waals surface area contributed by atoms with E-state index >= 15 is 0 Å². The van der Waals surface area contributed by atoms with Gasteiger partial charge < -0.3 is 20.2 Å². The predicted molar refractivity (Wildman–Crippen MR) is 80.8 cm³/mol. The molecule has 2 rings (SSSR count). The molecular weight excluding hydrogens is 268 g/mol. The zero-order valence-electron chi connectivity index (χ0n) is 12.9. The Morgan fingerprint density at radius 2 is 2.19 bits per heavy atom. The van der Waals surface area contributed by atoms with E-state index in [4.69, 9.17) is 4.42 Å². The molecule has 21 heavy (non-hydrogen) atoms. The highest BCUT2D eigenvalue weighted by atomic mass is 16.4. The number of carbonyl (C=O) groups is 1. The van der Waals surface area contributed by atoms with E-state index in [2.05, 4.69) is 17.6 Å². The third kappa shape index (κ3) is 4.49. The summed E-state index contributed by atoms with van der Waals surface area (Å²) in [5, 5.41) is 15.9. The highest BCUT2D eigenvalue weighted by Crippen LogP contribution is 2.28. The van der Waals surface area contributed by atoms with Crippen molar-refractivity contribution in [3.05, 3.63) is 24.2 Å². The maximum atomic E-state index is 11.8. The maximum Gasteiger partial charge on any atom is 0.314 e. The highest BCUT2D eigenvalue weighted by Gasteiger charge is 2.27. The number of carbonyl (C=O) groups excluding carboxylic acids is 1. The van der Waals surface area contributed by atoms with Gasteiger partial charge in [0.25, 0.3) is 0 Å². The molecule has 1 aliphatic carbocycles. The number of urea groups is 1. The lowest BCUT2D eigenvalue weighted by molar-refractivity contribution is 0.0367. The molecule has 1 aromatic heterocycles. The molecule has 1 heterocycles. The molecule has 5 heteroatoms. The van der Waals surface area contributed by atoms with Crippen molar-refractivity contribution in [2.45, 2.75) is 45.1 Å². The molecule has 3 N–H and O–H groups in total. The van der Waals surface area contributed by atoms with Crippen LogP contribution >= 0.6 is 0 Å². The summed E-state index contributed by atoms with van der Waals surface area (Å²) in [5.74, 6) is 1.68. The molecule has 0 aliphatic heterocycles. The van der Waals surface area contributed by atoms with Gasteiger partial charge in [0.2, 0.25) is 0 Å². The minimum absolute atomic E-state index is 0.118. The van der Waals surface area contributed by atoms with Gasteiger partial charge in [-0.2, -0.15) is 0 Å². The van der Waals surface area contributed by atoms with E-state index in [0.29, 0.717) is 24.1 Å². The van der Waals surface area contributed by atoms with Gasteiger partial charge in [-0.05, 0) is 37.3 Å². The van der Waals surface area contributed by atoms with E-state index in [1.165, 1.54) is 31.9 Å². The van der Waals surface area contributed by atoms with Crippen LogP contribution in [0, 0.1) is 11.8 Å². The number of hydrogen-bond acceptors (Lipinski definition) is 3. The largest absolute Gasteiger partial charge is 0.466 e. The Bertz CT molecular complexity index is 442. The first kappa shape index (κ1) is 15.9. The van der Waals surface area contributed by atoms with Crippen molar-refractivity contribution >= 4 is 6.03 Å². The summed E-state index contributed by atoms with van der Waals surface area (Å²) in [5.41, 5.74) is -1.20. The minimum Gasteiger partial charge on any atom is -0.466 e. The molecule has 0 spiro atoms. The van der Waals surface area contributed by atoms with Gasteiger partial charge in [-0.3, -0.25) is 0 Å². The average molecular weight is 294 g/mol. The molecule has 3 unspecified atom stereocenters. The summed E-state index contributed by atoms with van der Waals surface area (Å²) in [6, 6.07) is 3.18. The fourth-order valence-corrected chi connectivity index (χ4v) is 2.91. The van der Waals surface area contributed by atoms with Crippen molar-refractivity contribution in [2.75, 3.05) is 13.1 Å². The summed E-state index contributed by atoms with van der Waals surface area (Å²) in [7, 11) is 0. The van der Waals surface area contributed by atoms with Crippen LogP contribution in [0.3, 0.4) is 0 Å². The Balaban J connectivity index is 1.72.